The van der Waals surface area contributed by atoms with Crippen LogP contribution < -0.4 is 16.0 Å². The molecule has 0 bridgehead atoms. The molecule has 1 fully saturated rings. The summed E-state index contributed by atoms with van der Waals surface area (Å²) in [6, 6.07) is 15.4. The number of piperazine rings is 1. The van der Waals surface area contributed by atoms with Gasteiger partial charge in [0.1, 0.15) is 17.2 Å². The number of amides is 1. The van der Waals surface area contributed by atoms with Crippen LogP contribution in [-0.2, 0) is 6.42 Å². The second kappa shape index (κ2) is 8.71. The summed E-state index contributed by atoms with van der Waals surface area (Å²) in [5.41, 5.74) is 8.09. The van der Waals surface area contributed by atoms with E-state index in [4.69, 9.17) is 10.2 Å². The standard InChI is InChI=1S/C25H28N6O2/c1-16(13-19-14-17-5-3-4-6-22(17)33-19)27-24(32)18-7-8-20-21(15-18)28-25(26)29-23(20)31-11-9-30(2)10-12-31/h3-8,14-16H,9-13H2,1-2H3,(H,27,32)(H2,26,28,29). The van der Waals surface area contributed by atoms with E-state index in [2.05, 4.69) is 32.1 Å². The van der Waals surface area contributed by atoms with Crippen molar-refractivity contribution in [3.63, 3.8) is 0 Å². The van der Waals surface area contributed by atoms with Crippen LogP contribution in [0.15, 0.2) is 52.9 Å². The first kappa shape index (κ1) is 21.2. The van der Waals surface area contributed by atoms with Crippen molar-refractivity contribution in [2.24, 2.45) is 0 Å². The second-order valence-corrected chi connectivity index (χ2v) is 8.76. The van der Waals surface area contributed by atoms with E-state index in [1.807, 2.05) is 49.4 Å². The third-order valence-corrected chi connectivity index (χ3v) is 6.12. The number of hydrogen-bond donors (Lipinski definition) is 2. The minimum Gasteiger partial charge on any atom is -0.461 e. The minimum absolute atomic E-state index is 0.0925. The molecule has 1 aliphatic heterocycles. The molecule has 1 amide bonds. The number of carbonyl (C=O) groups excluding carboxylic acids is 1. The van der Waals surface area contributed by atoms with Crippen molar-refractivity contribution in [2.45, 2.75) is 19.4 Å². The number of furan rings is 1. The predicted octanol–water partition coefficient (Wildman–Crippen LogP) is 3.07. The Morgan fingerprint density at radius 2 is 1.91 bits per heavy atom. The summed E-state index contributed by atoms with van der Waals surface area (Å²) in [5.74, 6) is 1.74. The highest BCUT2D eigenvalue weighted by Gasteiger charge is 2.20. The van der Waals surface area contributed by atoms with Gasteiger partial charge in [-0.3, -0.25) is 4.79 Å². The highest BCUT2D eigenvalue weighted by molar-refractivity contribution is 6.00. The van der Waals surface area contributed by atoms with Gasteiger partial charge < -0.3 is 25.3 Å². The Bertz CT molecular complexity index is 1280. The molecule has 1 saturated heterocycles. The largest absolute Gasteiger partial charge is 0.461 e. The molecule has 0 spiro atoms. The maximum absolute atomic E-state index is 12.9. The van der Waals surface area contributed by atoms with Gasteiger partial charge in [0.25, 0.3) is 5.91 Å². The molecule has 0 radical (unpaired) electrons. The Hall–Kier alpha value is -3.65. The first-order valence-corrected chi connectivity index (χ1v) is 11.3. The van der Waals surface area contributed by atoms with Crippen LogP contribution in [0.5, 0.6) is 0 Å². The van der Waals surface area contributed by atoms with Gasteiger partial charge in [0, 0.05) is 55.0 Å². The van der Waals surface area contributed by atoms with Crippen molar-refractivity contribution >= 4 is 39.5 Å². The van der Waals surface area contributed by atoms with Crippen LogP contribution in [0.2, 0.25) is 0 Å². The number of para-hydroxylation sites is 1. The summed E-state index contributed by atoms with van der Waals surface area (Å²) in [7, 11) is 2.11. The van der Waals surface area contributed by atoms with E-state index in [-0.39, 0.29) is 17.9 Å². The number of nitrogen functional groups attached to an aromatic ring is 1. The molecule has 3 heterocycles. The average molecular weight is 445 g/mol. The van der Waals surface area contributed by atoms with Gasteiger partial charge in [-0.1, -0.05) is 18.2 Å². The van der Waals surface area contributed by atoms with Crippen molar-refractivity contribution < 1.29 is 9.21 Å². The Morgan fingerprint density at radius 1 is 1.12 bits per heavy atom. The lowest BCUT2D eigenvalue weighted by Gasteiger charge is -2.33. The molecule has 33 heavy (non-hydrogen) atoms. The van der Waals surface area contributed by atoms with Gasteiger partial charge in [-0.25, -0.2) is 4.98 Å². The van der Waals surface area contributed by atoms with Gasteiger partial charge in [0.05, 0.1) is 5.52 Å². The first-order chi connectivity index (χ1) is 16.0. The van der Waals surface area contributed by atoms with Crippen molar-refractivity contribution in [3.05, 3.63) is 59.9 Å². The number of aromatic nitrogens is 2. The fraction of sp³-hybridized carbons (Fsp3) is 0.320. The summed E-state index contributed by atoms with van der Waals surface area (Å²) in [4.78, 5) is 26.4. The minimum atomic E-state index is -0.154. The number of hydrogen-bond acceptors (Lipinski definition) is 7. The lowest BCUT2D eigenvalue weighted by molar-refractivity contribution is 0.0939. The SMILES string of the molecule is CC(Cc1cc2ccccc2o1)NC(=O)c1ccc2c(N3CCN(C)CC3)nc(N)nc2c1. The molecule has 3 N–H and O–H groups in total. The second-order valence-electron chi connectivity index (χ2n) is 8.76. The molecule has 5 rings (SSSR count). The van der Waals surface area contributed by atoms with E-state index in [0.29, 0.717) is 17.5 Å². The molecule has 2 aromatic carbocycles. The van der Waals surface area contributed by atoms with E-state index in [1.165, 1.54) is 0 Å². The van der Waals surface area contributed by atoms with E-state index < -0.39 is 0 Å². The van der Waals surface area contributed by atoms with Crippen molar-refractivity contribution in [1.29, 1.82) is 0 Å². The zero-order valence-electron chi connectivity index (χ0n) is 18.9. The lowest BCUT2D eigenvalue weighted by atomic mass is 10.1. The summed E-state index contributed by atoms with van der Waals surface area (Å²) >= 11 is 0. The van der Waals surface area contributed by atoms with Crippen LogP contribution in [0, 0.1) is 0 Å². The Balaban J connectivity index is 1.33. The third kappa shape index (κ3) is 4.47. The van der Waals surface area contributed by atoms with Crippen LogP contribution in [0.1, 0.15) is 23.0 Å². The molecule has 170 valence electrons. The molecular weight excluding hydrogens is 416 g/mol. The number of rotatable bonds is 5. The number of likely N-dealkylation sites (N-methyl/N-ethyl adjacent to an activating group) is 1. The molecule has 1 atom stereocenters. The quantitative estimate of drug-likeness (QED) is 0.488. The van der Waals surface area contributed by atoms with E-state index in [0.717, 1.165) is 54.1 Å². The van der Waals surface area contributed by atoms with Crippen molar-refractivity contribution in [3.8, 4) is 0 Å². The van der Waals surface area contributed by atoms with Crippen molar-refractivity contribution in [1.82, 2.24) is 20.2 Å². The highest BCUT2D eigenvalue weighted by atomic mass is 16.3. The molecule has 8 heteroatoms. The van der Waals surface area contributed by atoms with Gasteiger partial charge >= 0.3 is 0 Å². The number of benzene rings is 2. The molecule has 0 saturated carbocycles. The summed E-state index contributed by atoms with van der Waals surface area (Å²) in [6.07, 6.45) is 0.608. The van der Waals surface area contributed by atoms with Crippen LogP contribution in [0.25, 0.3) is 21.9 Å². The Labute approximate surface area is 192 Å². The number of nitrogens with two attached hydrogens (primary N) is 1. The smallest absolute Gasteiger partial charge is 0.251 e. The fourth-order valence-corrected chi connectivity index (χ4v) is 4.33. The summed E-state index contributed by atoms with van der Waals surface area (Å²) in [5, 5.41) is 5.03. The van der Waals surface area contributed by atoms with Crippen LogP contribution in [0.3, 0.4) is 0 Å². The molecule has 8 nitrogen and oxygen atoms in total. The molecule has 4 aromatic rings. The summed E-state index contributed by atoms with van der Waals surface area (Å²) < 4.78 is 5.88. The number of anilines is 2. The molecule has 0 aliphatic carbocycles. The van der Waals surface area contributed by atoms with Crippen LogP contribution in [0.4, 0.5) is 11.8 Å². The number of nitrogens with one attached hydrogen (secondary N) is 1. The van der Waals surface area contributed by atoms with E-state index in [9.17, 15) is 4.79 Å². The normalized spacial score (nSPS) is 15.8. The van der Waals surface area contributed by atoms with Crippen LogP contribution >= 0.6 is 0 Å². The molecule has 1 unspecified atom stereocenters. The number of carbonyl (C=O) groups is 1. The number of nitrogens with zero attached hydrogens (tertiary/aromatic N) is 4. The number of fused-ring (bicyclic) bond motifs is 2. The van der Waals surface area contributed by atoms with Gasteiger partial charge in [-0.15, -0.1) is 0 Å². The van der Waals surface area contributed by atoms with Crippen molar-refractivity contribution in [2.75, 3.05) is 43.9 Å². The monoisotopic (exact) mass is 444 g/mol. The van der Waals surface area contributed by atoms with Gasteiger partial charge in [0.2, 0.25) is 5.95 Å². The topological polar surface area (TPSA) is 101 Å². The molecular formula is C25H28N6O2. The van der Waals surface area contributed by atoms with Gasteiger partial charge in [-0.2, -0.15) is 4.98 Å². The lowest BCUT2D eigenvalue weighted by Crippen LogP contribution is -2.45. The molecule has 2 aromatic heterocycles. The fourth-order valence-electron chi connectivity index (χ4n) is 4.33. The van der Waals surface area contributed by atoms with E-state index in [1.54, 1.807) is 6.07 Å². The average Bonchev–Trinajstić information content (AvgIpc) is 3.20. The Kier molecular flexibility index (Phi) is 5.60. The van der Waals surface area contributed by atoms with Crippen LogP contribution in [-0.4, -0.2) is 60.0 Å². The summed E-state index contributed by atoms with van der Waals surface area (Å²) in [6.45, 7) is 5.66. The maximum Gasteiger partial charge on any atom is 0.251 e. The van der Waals surface area contributed by atoms with E-state index >= 15 is 0 Å². The van der Waals surface area contributed by atoms with Gasteiger partial charge in [0.15, 0.2) is 0 Å². The zero-order chi connectivity index (χ0) is 22.9. The van der Waals surface area contributed by atoms with Gasteiger partial charge in [-0.05, 0) is 44.3 Å². The maximum atomic E-state index is 12.9. The predicted molar refractivity (Wildman–Crippen MR) is 131 cm³/mol. The third-order valence-electron chi connectivity index (χ3n) is 6.12. The highest BCUT2D eigenvalue weighted by Crippen LogP contribution is 2.27. The zero-order valence-corrected chi connectivity index (χ0v) is 18.9. The first-order valence-electron chi connectivity index (χ1n) is 11.3. The molecule has 1 aliphatic rings. The Morgan fingerprint density at radius 3 is 2.70 bits per heavy atom.